The van der Waals surface area contributed by atoms with Crippen molar-refractivity contribution in [3.8, 4) is 11.6 Å². The second-order valence-corrected chi connectivity index (χ2v) is 5.24. The molecule has 1 atom stereocenters. The summed E-state index contributed by atoms with van der Waals surface area (Å²) in [6, 6.07) is 7.42. The highest BCUT2D eigenvalue weighted by molar-refractivity contribution is 6.28. The third-order valence-electron chi connectivity index (χ3n) is 3.59. The summed E-state index contributed by atoms with van der Waals surface area (Å²) in [4.78, 5) is 9.11. The van der Waals surface area contributed by atoms with E-state index in [4.69, 9.17) is 16.0 Å². The van der Waals surface area contributed by atoms with Crippen LogP contribution in [0.4, 0.5) is 0 Å². The zero-order valence-electron chi connectivity index (χ0n) is 10.7. The summed E-state index contributed by atoms with van der Waals surface area (Å²) >= 11 is 5.89. The maximum atomic E-state index is 5.89. The lowest BCUT2D eigenvalue weighted by atomic mass is 10.3. The minimum absolute atomic E-state index is 0.203. The van der Waals surface area contributed by atoms with Crippen LogP contribution in [0, 0.1) is 0 Å². The third kappa shape index (κ3) is 1.82. The second-order valence-electron chi connectivity index (χ2n) is 4.87. The molecule has 0 spiro atoms. The summed E-state index contributed by atoms with van der Waals surface area (Å²) < 4.78 is 7.63. The number of imidazole rings is 1. The van der Waals surface area contributed by atoms with Crippen molar-refractivity contribution in [3.05, 3.63) is 35.7 Å². The van der Waals surface area contributed by atoms with Crippen LogP contribution in [-0.4, -0.2) is 21.1 Å². The van der Waals surface area contributed by atoms with Gasteiger partial charge in [0.15, 0.2) is 22.5 Å². The molecule has 0 aliphatic carbocycles. The Morgan fingerprint density at radius 1 is 1.35 bits per heavy atom. The maximum absolute atomic E-state index is 5.89. The fraction of sp³-hybridized carbons (Fsp3) is 0.286. The van der Waals surface area contributed by atoms with Gasteiger partial charge < -0.3 is 4.42 Å². The molecule has 3 aromatic heterocycles. The van der Waals surface area contributed by atoms with E-state index in [0.717, 1.165) is 36.4 Å². The summed E-state index contributed by atoms with van der Waals surface area (Å²) in [6.07, 6.45) is 4.20. The molecular formula is C14H13ClN4O. The van der Waals surface area contributed by atoms with Crippen molar-refractivity contribution < 1.29 is 4.42 Å². The number of nitrogens with one attached hydrogen (secondary N) is 1. The van der Waals surface area contributed by atoms with E-state index in [1.165, 1.54) is 0 Å². The maximum Gasteiger partial charge on any atom is 0.194 e. The number of nitrogens with zero attached hydrogens (tertiary/aromatic N) is 3. The van der Waals surface area contributed by atoms with E-state index in [9.17, 15) is 0 Å². The third-order valence-corrected chi connectivity index (χ3v) is 3.79. The first-order valence-corrected chi connectivity index (χ1v) is 7.03. The molecule has 0 aromatic carbocycles. The van der Waals surface area contributed by atoms with Crippen molar-refractivity contribution in [2.45, 2.75) is 19.0 Å². The molecule has 1 aliphatic heterocycles. The Morgan fingerprint density at radius 3 is 3.05 bits per heavy atom. The normalized spacial score (nSPS) is 18.9. The van der Waals surface area contributed by atoms with E-state index < -0.39 is 0 Å². The summed E-state index contributed by atoms with van der Waals surface area (Å²) in [5.41, 5.74) is 1.73. The molecule has 1 unspecified atom stereocenters. The molecule has 1 fully saturated rings. The number of aromatic nitrogens is 3. The van der Waals surface area contributed by atoms with E-state index in [-0.39, 0.29) is 6.17 Å². The van der Waals surface area contributed by atoms with Crippen molar-refractivity contribution in [1.29, 1.82) is 0 Å². The van der Waals surface area contributed by atoms with E-state index in [1.807, 2.05) is 18.2 Å². The number of furan rings is 1. The Bertz CT molecular complexity index is 757. The first-order chi connectivity index (χ1) is 9.83. The molecule has 0 radical (unpaired) electrons. The van der Waals surface area contributed by atoms with Crippen LogP contribution in [-0.2, 0) is 0 Å². The van der Waals surface area contributed by atoms with Gasteiger partial charge in [0.05, 0.1) is 6.17 Å². The predicted molar refractivity (Wildman–Crippen MR) is 76.5 cm³/mol. The highest BCUT2D eigenvalue weighted by Crippen LogP contribution is 2.31. The molecule has 102 valence electrons. The Balaban J connectivity index is 1.96. The number of hydrogen-bond acceptors (Lipinski definition) is 4. The van der Waals surface area contributed by atoms with E-state index in [0.29, 0.717) is 11.0 Å². The quantitative estimate of drug-likeness (QED) is 0.786. The Labute approximate surface area is 120 Å². The first kappa shape index (κ1) is 11.9. The van der Waals surface area contributed by atoms with Crippen molar-refractivity contribution in [1.82, 2.24) is 19.9 Å². The van der Waals surface area contributed by atoms with Gasteiger partial charge in [-0.1, -0.05) is 0 Å². The average molecular weight is 289 g/mol. The van der Waals surface area contributed by atoms with Gasteiger partial charge in [-0.05, 0) is 55.3 Å². The molecule has 20 heavy (non-hydrogen) atoms. The molecule has 0 amide bonds. The largest absolute Gasteiger partial charge is 0.441 e. The molecule has 0 saturated carbocycles. The average Bonchev–Trinajstić information content (AvgIpc) is 3.15. The highest BCUT2D eigenvalue weighted by atomic mass is 35.5. The number of pyridine rings is 1. The van der Waals surface area contributed by atoms with E-state index in [2.05, 4.69) is 19.9 Å². The molecule has 1 aliphatic rings. The highest BCUT2D eigenvalue weighted by Gasteiger charge is 2.24. The Morgan fingerprint density at radius 2 is 2.30 bits per heavy atom. The monoisotopic (exact) mass is 288 g/mol. The van der Waals surface area contributed by atoms with Crippen molar-refractivity contribution in [2.24, 2.45) is 0 Å². The van der Waals surface area contributed by atoms with Crippen LogP contribution in [0.5, 0.6) is 0 Å². The number of fused-ring (bicyclic) bond motifs is 1. The van der Waals surface area contributed by atoms with Crippen molar-refractivity contribution >= 4 is 22.8 Å². The fourth-order valence-corrected chi connectivity index (χ4v) is 2.87. The summed E-state index contributed by atoms with van der Waals surface area (Å²) in [7, 11) is 0. The van der Waals surface area contributed by atoms with Crippen LogP contribution in [0.3, 0.4) is 0 Å². The molecular weight excluding hydrogens is 276 g/mol. The van der Waals surface area contributed by atoms with Gasteiger partial charge in [0.1, 0.15) is 5.52 Å². The number of hydrogen-bond donors (Lipinski definition) is 1. The lowest BCUT2D eigenvalue weighted by Gasteiger charge is -2.15. The number of halogens is 1. The zero-order chi connectivity index (χ0) is 13.5. The van der Waals surface area contributed by atoms with Crippen LogP contribution in [0.2, 0.25) is 5.22 Å². The summed E-state index contributed by atoms with van der Waals surface area (Å²) in [5.74, 6) is 1.44. The van der Waals surface area contributed by atoms with Crippen LogP contribution in [0.15, 0.2) is 34.9 Å². The molecule has 6 heteroatoms. The van der Waals surface area contributed by atoms with Crippen LogP contribution >= 0.6 is 11.6 Å². The minimum Gasteiger partial charge on any atom is -0.441 e. The lowest BCUT2D eigenvalue weighted by Crippen LogP contribution is -2.20. The van der Waals surface area contributed by atoms with Gasteiger partial charge in [0, 0.05) is 6.20 Å². The molecule has 1 saturated heterocycles. The SMILES string of the molecule is Clc1ccc(-c2nc3cccnc3n2C2CCCN2)o1. The smallest absolute Gasteiger partial charge is 0.194 e. The first-order valence-electron chi connectivity index (χ1n) is 6.65. The summed E-state index contributed by atoms with van der Waals surface area (Å²) in [6.45, 7) is 1.01. The van der Waals surface area contributed by atoms with Crippen molar-refractivity contribution in [2.75, 3.05) is 6.54 Å². The second kappa shape index (κ2) is 4.61. The van der Waals surface area contributed by atoms with Gasteiger partial charge in [-0.3, -0.25) is 9.88 Å². The van der Waals surface area contributed by atoms with Crippen LogP contribution in [0.1, 0.15) is 19.0 Å². The van der Waals surface area contributed by atoms with Crippen molar-refractivity contribution in [3.63, 3.8) is 0 Å². The topological polar surface area (TPSA) is 55.9 Å². The molecule has 5 nitrogen and oxygen atoms in total. The van der Waals surface area contributed by atoms with Crippen LogP contribution in [0.25, 0.3) is 22.7 Å². The van der Waals surface area contributed by atoms with Gasteiger partial charge in [-0.25, -0.2) is 9.97 Å². The van der Waals surface area contributed by atoms with Crippen LogP contribution < -0.4 is 5.32 Å². The van der Waals surface area contributed by atoms with Gasteiger partial charge in [-0.2, -0.15) is 0 Å². The van der Waals surface area contributed by atoms with E-state index >= 15 is 0 Å². The molecule has 3 aromatic rings. The van der Waals surface area contributed by atoms with Gasteiger partial charge >= 0.3 is 0 Å². The Hall–Kier alpha value is -1.85. The molecule has 4 rings (SSSR count). The Kier molecular flexibility index (Phi) is 2.75. The number of rotatable bonds is 2. The summed E-state index contributed by atoms with van der Waals surface area (Å²) in [5, 5.41) is 3.84. The molecule has 4 heterocycles. The molecule has 0 bridgehead atoms. The van der Waals surface area contributed by atoms with Gasteiger partial charge in [-0.15, -0.1) is 0 Å². The predicted octanol–water partition coefficient (Wildman–Crippen LogP) is 3.23. The van der Waals surface area contributed by atoms with Gasteiger partial charge in [0.25, 0.3) is 0 Å². The lowest BCUT2D eigenvalue weighted by molar-refractivity contribution is 0.474. The zero-order valence-corrected chi connectivity index (χ0v) is 11.5. The molecule has 1 N–H and O–H groups in total. The van der Waals surface area contributed by atoms with Gasteiger partial charge in [0.2, 0.25) is 0 Å². The fourth-order valence-electron chi connectivity index (χ4n) is 2.72. The van der Waals surface area contributed by atoms with E-state index in [1.54, 1.807) is 12.3 Å². The standard InChI is InChI=1S/C14H13ClN4O/c15-11-6-5-10(20-11)14-18-9-3-1-8-17-13(9)19(14)12-4-2-7-16-12/h1,3,5-6,8,12,16H,2,4,7H2. The minimum atomic E-state index is 0.203.